The molecule has 0 aliphatic heterocycles. The molecule has 0 aliphatic carbocycles. The monoisotopic (exact) mass is 266 g/mol. The van der Waals surface area contributed by atoms with Crippen LogP contribution in [0.15, 0.2) is 25.3 Å². The van der Waals surface area contributed by atoms with Gasteiger partial charge in [0, 0.05) is 0 Å². The lowest BCUT2D eigenvalue weighted by atomic mass is 10.3. The first-order valence-electron chi connectivity index (χ1n) is 5.40. The highest BCUT2D eigenvalue weighted by Gasteiger charge is 2.18. The summed E-state index contributed by atoms with van der Waals surface area (Å²) in [4.78, 5) is 0. The van der Waals surface area contributed by atoms with Crippen LogP contribution < -0.4 is 0 Å². The molecule has 0 rings (SSSR count). The van der Waals surface area contributed by atoms with Crippen LogP contribution in [-0.2, 0) is 14.6 Å². The van der Waals surface area contributed by atoms with Gasteiger partial charge >= 0.3 is 10.4 Å². The van der Waals surface area contributed by atoms with E-state index in [1.165, 1.54) is 0 Å². The Bertz CT molecular complexity index is 295. The van der Waals surface area contributed by atoms with Gasteiger partial charge < -0.3 is 4.48 Å². The zero-order chi connectivity index (χ0) is 13.9. The highest BCUT2D eigenvalue weighted by Crippen LogP contribution is 2.05. The van der Waals surface area contributed by atoms with E-state index >= 15 is 0 Å². The summed E-state index contributed by atoms with van der Waals surface area (Å²) in [5.74, 6) is 0. The second-order valence-electron chi connectivity index (χ2n) is 3.51. The van der Waals surface area contributed by atoms with Crippen LogP contribution in [-0.4, -0.2) is 50.7 Å². The van der Waals surface area contributed by atoms with Gasteiger partial charge in [-0.15, -0.1) is 0 Å². The zero-order valence-electron chi connectivity index (χ0n) is 10.9. The standard InChI is InChI=1S/C10H20N.CH4O4S/c1-5-9-11(7-3,8-4)10-6-2;1-5-6(2,3)4/h5-6H,1-2,7-10H2,3-4H3;1H3,(H,2,3,4)/q+1;. The van der Waals surface area contributed by atoms with Crippen LogP contribution >= 0.6 is 0 Å². The van der Waals surface area contributed by atoms with Gasteiger partial charge in [0.25, 0.3) is 0 Å². The van der Waals surface area contributed by atoms with E-state index in [0.29, 0.717) is 0 Å². The lowest BCUT2D eigenvalue weighted by Crippen LogP contribution is -2.47. The molecule has 17 heavy (non-hydrogen) atoms. The Morgan fingerprint density at radius 2 is 1.47 bits per heavy atom. The summed E-state index contributed by atoms with van der Waals surface area (Å²) in [7, 11) is -3.29. The number of hydrogen-bond donors (Lipinski definition) is 1. The maximum atomic E-state index is 9.33. The van der Waals surface area contributed by atoms with E-state index in [1.807, 2.05) is 12.2 Å². The molecule has 102 valence electrons. The molecule has 0 fully saturated rings. The number of hydrogen-bond acceptors (Lipinski definition) is 3. The molecule has 0 spiro atoms. The lowest BCUT2D eigenvalue weighted by molar-refractivity contribution is -0.914. The molecule has 0 aliphatic rings. The van der Waals surface area contributed by atoms with E-state index in [0.717, 1.165) is 37.8 Å². The molecular weight excluding hydrogens is 242 g/mol. The van der Waals surface area contributed by atoms with Crippen LogP contribution in [0.3, 0.4) is 0 Å². The van der Waals surface area contributed by atoms with Crippen molar-refractivity contribution in [1.29, 1.82) is 0 Å². The van der Waals surface area contributed by atoms with E-state index in [9.17, 15) is 8.42 Å². The van der Waals surface area contributed by atoms with Gasteiger partial charge in [0.2, 0.25) is 0 Å². The number of quaternary nitrogens is 1. The molecule has 0 aromatic carbocycles. The van der Waals surface area contributed by atoms with Crippen LogP contribution in [0.2, 0.25) is 0 Å². The van der Waals surface area contributed by atoms with Crippen molar-refractivity contribution in [2.24, 2.45) is 0 Å². The average molecular weight is 266 g/mol. The lowest BCUT2D eigenvalue weighted by Gasteiger charge is -2.34. The summed E-state index contributed by atoms with van der Waals surface area (Å²) in [6, 6.07) is 0. The van der Waals surface area contributed by atoms with Gasteiger partial charge in [0.05, 0.1) is 33.3 Å². The number of likely N-dealkylation sites (N-methyl/N-ethyl adjacent to an activating group) is 1. The third-order valence-electron chi connectivity index (χ3n) is 2.59. The van der Waals surface area contributed by atoms with E-state index in [2.05, 4.69) is 31.2 Å². The van der Waals surface area contributed by atoms with Crippen molar-refractivity contribution in [3.8, 4) is 0 Å². The molecule has 6 heteroatoms. The van der Waals surface area contributed by atoms with Crippen LogP contribution in [0.4, 0.5) is 0 Å². The molecule has 1 N–H and O–H groups in total. The van der Waals surface area contributed by atoms with Gasteiger partial charge in [-0.1, -0.05) is 13.2 Å². The molecule has 0 amide bonds. The molecule has 0 radical (unpaired) electrons. The van der Waals surface area contributed by atoms with Crippen LogP contribution in [0.1, 0.15) is 13.8 Å². The molecule has 0 saturated heterocycles. The fraction of sp³-hybridized carbons (Fsp3) is 0.636. The minimum Gasteiger partial charge on any atom is -0.318 e. The van der Waals surface area contributed by atoms with Crippen molar-refractivity contribution in [2.75, 3.05) is 33.3 Å². The smallest absolute Gasteiger partial charge is 0.318 e. The summed E-state index contributed by atoms with van der Waals surface area (Å²) in [6.07, 6.45) is 3.99. The summed E-state index contributed by atoms with van der Waals surface area (Å²) >= 11 is 0. The maximum Gasteiger partial charge on any atom is 0.397 e. The van der Waals surface area contributed by atoms with Crippen LogP contribution in [0, 0.1) is 0 Å². The van der Waals surface area contributed by atoms with Crippen LogP contribution in [0.25, 0.3) is 0 Å². The summed E-state index contributed by atoms with van der Waals surface area (Å²) in [5.41, 5.74) is 0. The van der Waals surface area contributed by atoms with Crippen molar-refractivity contribution < 1.29 is 21.6 Å². The predicted molar refractivity (Wildman–Crippen MR) is 70.0 cm³/mol. The highest BCUT2D eigenvalue weighted by molar-refractivity contribution is 7.80. The normalized spacial score (nSPS) is 11.3. The number of nitrogens with zero attached hydrogens (tertiary/aromatic N) is 1. The van der Waals surface area contributed by atoms with Gasteiger partial charge in [0.15, 0.2) is 0 Å². The first kappa shape index (κ1) is 18.7. The van der Waals surface area contributed by atoms with Gasteiger partial charge in [0.1, 0.15) is 0 Å². The van der Waals surface area contributed by atoms with Gasteiger partial charge in [-0.25, -0.2) is 0 Å². The zero-order valence-corrected chi connectivity index (χ0v) is 11.7. The molecule has 0 atom stereocenters. The quantitative estimate of drug-likeness (QED) is 0.432. The number of rotatable bonds is 7. The minimum absolute atomic E-state index is 0.870. The Labute approximate surface area is 105 Å². The van der Waals surface area contributed by atoms with Crippen molar-refractivity contribution in [1.82, 2.24) is 0 Å². The Kier molecular flexibility index (Phi) is 10.3. The summed E-state index contributed by atoms with van der Waals surface area (Å²) < 4.78 is 30.8. The fourth-order valence-corrected chi connectivity index (χ4v) is 1.36. The van der Waals surface area contributed by atoms with Gasteiger partial charge in [-0.2, -0.15) is 8.42 Å². The third kappa shape index (κ3) is 10.2. The second-order valence-corrected chi connectivity index (χ2v) is 4.70. The topological polar surface area (TPSA) is 63.6 Å². The Morgan fingerprint density at radius 1 is 1.18 bits per heavy atom. The highest BCUT2D eigenvalue weighted by atomic mass is 32.3. The second kappa shape index (κ2) is 9.35. The SMILES string of the molecule is C=CC[N+](CC)(CC)CC=C.COS(=O)(=O)O. The van der Waals surface area contributed by atoms with Crippen molar-refractivity contribution in [2.45, 2.75) is 13.8 Å². The Hall–Kier alpha value is -0.690. The molecular formula is C11H24NO4S+. The van der Waals surface area contributed by atoms with E-state index in [4.69, 9.17) is 4.55 Å². The fourth-order valence-electron chi connectivity index (χ4n) is 1.36. The Balaban J connectivity index is 0. The largest absolute Gasteiger partial charge is 0.397 e. The van der Waals surface area contributed by atoms with E-state index in [1.54, 1.807) is 0 Å². The van der Waals surface area contributed by atoms with Gasteiger partial charge in [-0.05, 0) is 26.0 Å². The first-order chi connectivity index (χ1) is 7.80. The molecule has 0 aromatic rings. The van der Waals surface area contributed by atoms with Crippen molar-refractivity contribution in [3.05, 3.63) is 25.3 Å². The minimum atomic E-state index is -4.16. The van der Waals surface area contributed by atoms with E-state index in [-0.39, 0.29) is 0 Å². The Morgan fingerprint density at radius 3 is 1.59 bits per heavy atom. The molecule has 0 saturated carbocycles. The first-order valence-corrected chi connectivity index (χ1v) is 6.77. The summed E-state index contributed by atoms with van der Waals surface area (Å²) in [5, 5.41) is 0. The molecule has 0 bridgehead atoms. The molecule has 0 unspecified atom stereocenters. The molecule has 0 heterocycles. The van der Waals surface area contributed by atoms with Crippen molar-refractivity contribution in [3.63, 3.8) is 0 Å². The maximum absolute atomic E-state index is 9.33. The molecule has 5 nitrogen and oxygen atoms in total. The molecule has 0 aromatic heterocycles. The summed E-state index contributed by atoms with van der Waals surface area (Å²) in [6.45, 7) is 16.4. The van der Waals surface area contributed by atoms with Gasteiger partial charge in [-0.3, -0.25) is 8.74 Å². The van der Waals surface area contributed by atoms with Crippen molar-refractivity contribution >= 4 is 10.4 Å². The third-order valence-corrected chi connectivity index (χ3v) is 3.01. The van der Waals surface area contributed by atoms with E-state index < -0.39 is 10.4 Å². The predicted octanol–water partition coefficient (Wildman–Crippen LogP) is 1.65. The average Bonchev–Trinajstić information content (AvgIpc) is 2.28. The van der Waals surface area contributed by atoms with Crippen LogP contribution in [0.5, 0.6) is 0 Å².